The van der Waals surface area contributed by atoms with Gasteiger partial charge >= 0.3 is 17.3 Å². The Bertz CT molecular complexity index is 1530. The number of halogens is 1. The van der Waals surface area contributed by atoms with Gasteiger partial charge in [-0.05, 0) is 79.6 Å². The number of nitrogens with zero attached hydrogens (tertiary/aromatic N) is 3. The predicted molar refractivity (Wildman–Crippen MR) is 137 cm³/mol. The van der Waals surface area contributed by atoms with E-state index in [0.29, 0.717) is 22.2 Å². The van der Waals surface area contributed by atoms with Gasteiger partial charge in [-0.2, -0.15) is 4.98 Å². The second kappa shape index (κ2) is 10.5. The Balaban J connectivity index is 1.62. The Hall–Kier alpha value is -4.37. The minimum Gasteiger partial charge on any atom is -0.478 e. The first-order chi connectivity index (χ1) is 17.2. The summed E-state index contributed by atoms with van der Waals surface area (Å²) in [5.41, 5.74) is 1.25. The SMILES string of the molecule is CCn1c(=O)nc(Nc2ccc(Oc3ccc(C(=O)O)cc3)c(C)c2)n(Cc2ccc(Cl)cc2)c1=O. The maximum absolute atomic E-state index is 13.1. The predicted octanol–water partition coefficient (Wildman–Crippen LogP) is 4.67. The number of carboxylic acids is 1. The molecule has 0 fully saturated rings. The fraction of sp³-hybridized carbons (Fsp3) is 0.154. The van der Waals surface area contributed by atoms with Crippen molar-refractivity contribution in [1.82, 2.24) is 14.1 Å². The van der Waals surface area contributed by atoms with Crippen molar-refractivity contribution in [2.45, 2.75) is 26.9 Å². The molecule has 0 aliphatic carbocycles. The summed E-state index contributed by atoms with van der Waals surface area (Å²) < 4.78 is 8.34. The average molecular weight is 507 g/mol. The van der Waals surface area contributed by atoms with Gasteiger partial charge in [0.1, 0.15) is 11.5 Å². The van der Waals surface area contributed by atoms with Gasteiger partial charge in [0.25, 0.3) is 0 Å². The number of hydrogen-bond donors (Lipinski definition) is 2. The van der Waals surface area contributed by atoms with Crippen molar-refractivity contribution in [3.05, 3.63) is 109 Å². The van der Waals surface area contributed by atoms with Crippen LogP contribution in [-0.4, -0.2) is 25.2 Å². The van der Waals surface area contributed by atoms with E-state index in [0.717, 1.165) is 15.7 Å². The number of carbonyl (C=O) groups is 1. The molecule has 2 N–H and O–H groups in total. The lowest BCUT2D eigenvalue weighted by atomic mass is 10.2. The number of carboxylic acid groups (broad SMARTS) is 1. The quantitative estimate of drug-likeness (QED) is 0.357. The lowest BCUT2D eigenvalue weighted by molar-refractivity contribution is 0.0697. The van der Waals surface area contributed by atoms with E-state index in [2.05, 4.69) is 10.3 Å². The van der Waals surface area contributed by atoms with Gasteiger partial charge in [0.05, 0.1) is 12.1 Å². The van der Waals surface area contributed by atoms with Crippen LogP contribution in [0.2, 0.25) is 5.02 Å². The highest BCUT2D eigenvalue weighted by molar-refractivity contribution is 6.30. The van der Waals surface area contributed by atoms with E-state index in [1.807, 2.05) is 6.92 Å². The van der Waals surface area contributed by atoms with Crippen LogP contribution in [0.5, 0.6) is 11.5 Å². The number of anilines is 2. The standard InChI is InChI=1S/C26H23ClN4O5/c1-3-30-25(34)29-24(31(26(30)35)15-17-4-8-19(27)9-5-17)28-20-10-13-22(16(2)14-20)36-21-11-6-18(7-12-21)23(32)33/h4-14H,3,15H2,1-2H3,(H,32,33)(H,28,29,34). The van der Waals surface area contributed by atoms with Crippen LogP contribution in [0.1, 0.15) is 28.4 Å². The normalized spacial score (nSPS) is 10.8. The molecule has 0 saturated heterocycles. The Morgan fingerprint density at radius 3 is 2.33 bits per heavy atom. The molecule has 1 heterocycles. The Labute approximate surface area is 211 Å². The van der Waals surface area contributed by atoms with Crippen LogP contribution in [0.4, 0.5) is 11.6 Å². The first-order valence-electron chi connectivity index (χ1n) is 11.1. The minimum atomic E-state index is -1.01. The molecular weight excluding hydrogens is 484 g/mol. The zero-order valence-electron chi connectivity index (χ0n) is 19.6. The zero-order chi connectivity index (χ0) is 25.8. The van der Waals surface area contributed by atoms with Gasteiger partial charge in [0, 0.05) is 17.3 Å². The molecule has 0 spiro atoms. The highest BCUT2D eigenvalue weighted by Gasteiger charge is 2.14. The fourth-order valence-corrected chi connectivity index (χ4v) is 3.70. The molecule has 0 radical (unpaired) electrons. The van der Waals surface area contributed by atoms with E-state index in [9.17, 15) is 14.4 Å². The van der Waals surface area contributed by atoms with Crippen LogP contribution >= 0.6 is 11.6 Å². The minimum absolute atomic E-state index is 0.113. The number of benzene rings is 3. The van der Waals surface area contributed by atoms with Crippen molar-refractivity contribution in [3.63, 3.8) is 0 Å². The van der Waals surface area contributed by atoms with Crippen molar-refractivity contribution < 1.29 is 14.6 Å². The molecule has 184 valence electrons. The van der Waals surface area contributed by atoms with Crippen LogP contribution in [-0.2, 0) is 13.1 Å². The number of aromatic carboxylic acids is 1. The monoisotopic (exact) mass is 506 g/mol. The molecule has 0 aliphatic rings. The molecule has 4 rings (SSSR count). The summed E-state index contributed by atoms with van der Waals surface area (Å²) in [5.74, 6) is 0.159. The third kappa shape index (κ3) is 5.47. The van der Waals surface area contributed by atoms with Gasteiger partial charge in [-0.15, -0.1) is 0 Å². The smallest absolute Gasteiger partial charge is 0.354 e. The second-order valence-electron chi connectivity index (χ2n) is 7.99. The van der Waals surface area contributed by atoms with Crippen LogP contribution < -0.4 is 21.4 Å². The summed E-state index contributed by atoms with van der Waals surface area (Å²) >= 11 is 5.98. The summed E-state index contributed by atoms with van der Waals surface area (Å²) in [6.07, 6.45) is 0. The molecule has 10 heteroatoms. The fourth-order valence-electron chi connectivity index (χ4n) is 3.57. The van der Waals surface area contributed by atoms with E-state index in [1.165, 1.54) is 16.7 Å². The van der Waals surface area contributed by atoms with Gasteiger partial charge in [0.2, 0.25) is 5.95 Å². The van der Waals surface area contributed by atoms with Crippen LogP contribution in [0, 0.1) is 6.92 Å². The number of aromatic nitrogens is 3. The van der Waals surface area contributed by atoms with Crippen molar-refractivity contribution in [1.29, 1.82) is 0 Å². The zero-order valence-corrected chi connectivity index (χ0v) is 20.3. The highest BCUT2D eigenvalue weighted by Crippen LogP contribution is 2.28. The Morgan fingerprint density at radius 2 is 1.72 bits per heavy atom. The van der Waals surface area contributed by atoms with Gasteiger partial charge < -0.3 is 15.2 Å². The van der Waals surface area contributed by atoms with Crippen molar-refractivity contribution in [3.8, 4) is 11.5 Å². The number of aryl methyl sites for hydroxylation is 1. The average Bonchev–Trinajstić information content (AvgIpc) is 2.85. The summed E-state index contributed by atoms with van der Waals surface area (Å²) in [7, 11) is 0. The summed E-state index contributed by atoms with van der Waals surface area (Å²) in [6.45, 7) is 3.94. The van der Waals surface area contributed by atoms with Gasteiger partial charge in [-0.25, -0.2) is 19.0 Å². The molecule has 36 heavy (non-hydrogen) atoms. The largest absolute Gasteiger partial charge is 0.478 e. The second-order valence-corrected chi connectivity index (χ2v) is 8.43. The van der Waals surface area contributed by atoms with Crippen LogP contribution in [0.25, 0.3) is 0 Å². The molecule has 0 saturated carbocycles. The Kier molecular flexibility index (Phi) is 7.21. The lowest BCUT2D eigenvalue weighted by Gasteiger charge is -2.16. The molecule has 1 aromatic heterocycles. The molecule has 0 bridgehead atoms. The van der Waals surface area contributed by atoms with Crippen molar-refractivity contribution in [2.75, 3.05) is 5.32 Å². The molecule has 9 nitrogen and oxygen atoms in total. The molecule has 0 amide bonds. The first kappa shape index (κ1) is 24.7. The number of nitrogens with one attached hydrogen (secondary N) is 1. The molecule has 4 aromatic rings. The molecule has 0 atom stereocenters. The van der Waals surface area contributed by atoms with E-state index in [4.69, 9.17) is 21.4 Å². The first-order valence-corrected chi connectivity index (χ1v) is 11.5. The number of ether oxygens (including phenoxy) is 1. The third-order valence-corrected chi connectivity index (χ3v) is 5.73. The molecule has 0 unspecified atom stereocenters. The molecule has 0 aliphatic heterocycles. The van der Waals surface area contributed by atoms with Crippen LogP contribution in [0.3, 0.4) is 0 Å². The van der Waals surface area contributed by atoms with Gasteiger partial charge in [0.15, 0.2) is 0 Å². The van der Waals surface area contributed by atoms with Gasteiger partial charge in [-0.3, -0.25) is 4.57 Å². The van der Waals surface area contributed by atoms with E-state index >= 15 is 0 Å². The van der Waals surface area contributed by atoms with Crippen molar-refractivity contribution >= 4 is 29.2 Å². The maximum atomic E-state index is 13.1. The summed E-state index contributed by atoms with van der Waals surface area (Å²) in [6, 6.07) is 18.4. The third-order valence-electron chi connectivity index (χ3n) is 5.48. The lowest BCUT2D eigenvalue weighted by Crippen LogP contribution is -2.42. The maximum Gasteiger partial charge on any atom is 0.354 e. The molecule has 3 aromatic carbocycles. The topological polar surface area (TPSA) is 115 Å². The highest BCUT2D eigenvalue weighted by atomic mass is 35.5. The molecular formula is C26H23ClN4O5. The van der Waals surface area contributed by atoms with Crippen molar-refractivity contribution in [2.24, 2.45) is 0 Å². The van der Waals surface area contributed by atoms with Crippen LogP contribution in [0.15, 0.2) is 76.3 Å². The van der Waals surface area contributed by atoms with E-state index in [1.54, 1.807) is 61.5 Å². The van der Waals surface area contributed by atoms with Gasteiger partial charge in [-0.1, -0.05) is 23.7 Å². The van der Waals surface area contributed by atoms with E-state index < -0.39 is 17.3 Å². The summed E-state index contributed by atoms with van der Waals surface area (Å²) in [4.78, 5) is 40.6. The Morgan fingerprint density at radius 1 is 1.03 bits per heavy atom. The van der Waals surface area contributed by atoms with E-state index in [-0.39, 0.29) is 24.6 Å². The number of hydrogen-bond acceptors (Lipinski definition) is 6. The summed E-state index contributed by atoms with van der Waals surface area (Å²) in [5, 5.41) is 12.7. The number of rotatable bonds is 8.